The van der Waals surface area contributed by atoms with Crippen molar-refractivity contribution in [3.63, 3.8) is 0 Å². The van der Waals surface area contributed by atoms with Crippen molar-refractivity contribution < 1.29 is 0 Å². The molecule has 0 atom stereocenters. The summed E-state index contributed by atoms with van der Waals surface area (Å²) < 4.78 is 1.16. The summed E-state index contributed by atoms with van der Waals surface area (Å²) in [6.45, 7) is 8.00. The van der Waals surface area contributed by atoms with Gasteiger partial charge in [0.15, 0.2) is 0 Å². The molecule has 2 aromatic heterocycles. The second-order valence-electron chi connectivity index (χ2n) is 4.74. The smallest absolute Gasteiger partial charge is 0.227 e. The molecule has 0 bridgehead atoms. The van der Waals surface area contributed by atoms with E-state index in [0.717, 1.165) is 26.6 Å². The van der Waals surface area contributed by atoms with Crippen LogP contribution in [0.3, 0.4) is 0 Å². The second kappa shape index (κ2) is 10.3. The van der Waals surface area contributed by atoms with Crippen LogP contribution in [0.5, 0.6) is 0 Å². The lowest BCUT2D eigenvalue weighted by Gasteiger charge is -2.04. The third kappa shape index (κ3) is 4.86. The van der Waals surface area contributed by atoms with Crippen LogP contribution in [0.4, 0.5) is 11.6 Å². The summed E-state index contributed by atoms with van der Waals surface area (Å²) in [6.07, 6.45) is 1.75. The van der Waals surface area contributed by atoms with E-state index in [1.54, 1.807) is 17.5 Å². The first kappa shape index (κ1) is 19.5. The third-order valence-electron chi connectivity index (χ3n) is 3.20. The van der Waals surface area contributed by atoms with Gasteiger partial charge in [0, 0.05) is 11.9 Å². The van der Waals surface area contributed by atoms with E-state index in [9.17, 15) is 0 Å². The van der Waals surface area contributed by atoms with Crippen LogP contribution in [-0.4, -0.2) is 15.0 Å². The van der Waals surface area contributed by atoms with Gasteiger partial charge in [0.05, 0.1) is 10.2 Å². The monoisotopic (exact) mass is 364 g/mol. The zero-order valence-electron chi connectivity index (χ0n) is 15.6. The first-order chi connectivity index (χ1) is 12.9. The molecule has 0 aliphatic rings. The summed E-state index contributed by atoms with van der Waals surface area (Å²) in [4.78, 5) is 13.5. The Morgan fingerprint density at radius 3 is 2.19 bits per heavy atom. The van der Waals surface area contributed by atoms with Gasteiger partial charge >= 0.3 is 0 Å². The molecule has 0 fully saturated rings. The Balaban J connectivity index is 0.000000570. The number of nitrogens with one attached hydrogen (secondary N) is 1. The van der Waals surface area contributed by atoms with Crippen LogP contribution >= 0.6 is 11.3 Å². The molecule has 2 aromatic carbocycles. The Kier molecular flexibility index (Phi) is 7.71. The van der Waals surface area contributed by atoms with E-state index in [1.807, 2.05) is 82.3 Å². The molecule has 0 amide bonds. The topological polar surface area (TPSA) is 50.7 Å². The molecule has 134 valence electrons. The number of rotatable bonds is 3. The number of benzene rings is 2. The van der Waals surface area contributed by atoms with Gasteiger partial charge in [-0.2, -0.15) is 0 Å². The zero-order chi connectivity index (χ0) is 18.8. The fourth-order valence-corrected chi connectivity index (χ4v) is 3.11. The second-order valence-corrected chi connectivity index (χ2v) is 5.77. The Labute approximate surface area is 159 Å². The van der Waals surface area contributed by atoms with E-state index < -0.39 is 0 Å². The minimum absolute atomic E-state index is 0.572. The summed E-state index contributed by atoms with van der Waals surface area (Å²) in [5.74, 6) is 0.572. The van der Waals surface area contributed by atoms with Gasteiger partial charge in [-0.1, -0.05) is 58.0 Å². The van der Waals surface area contributed by atoms with Gasteiger partial charge in [0.2, 0.25) is 5.95 Å². The lowest BCUT2D eigenvalue weighted by Crippen LogP contribution is -1.97. The molecule has 5 heteroatoms. The van der Waals surface area contributed by atoms with Crippen molar-refractivity contribution >= 4 is 33.2 Å². The maximum Gasteiger partial charge on any atom is 0.227 e. The molecular weight excluding hydrogens is 340 g/mol. The summed E-state index contributed by atoms with van der Waals surface area (Å²) in [5, 5.41) is 4.10. The van der Waals surface area contributed by atoms with E-state index in [-0.39, 0.29) is 0 Å². The van der Waals surface area contributed by atoms with Gasteiger partial charge in [0.1, 0.15) is 10.7 Å². The number of anilines is 2. The van der Waals surface area contributed by atoms with E-state index in [4.69, 9.17) is 0 Å². The molecule has 2 heterocycles. The number of hydrogen-bond donors (Lipinski definition) is 1. The Hall–Kier alpha value is -2.79. The van der Waals surface area contributed by atoms with Crippen molar-refractivity contribution in [1.29, 1.82) is 0 Å². The van der Waals surface area contributed by atoms with Crippen molar-refractivity contribution in [1.82, 2.24) is 15.0 Å². The average Bonchev–Trinajstić information content (AvgIpc) is 3.16. The van der Waals surface area contributed by atoms with Gasteiger partial charge in [-0.05, 0) is 30.3 Å². The SMILES string of the molecule is CC.CC.c1ccc(Nc2nccc(-c3nc4ccccc4s3)n2)cc1. The van der Waals surface area contributed by atoms with Crippen LogP contribution in [0.2, 0.25) is 0 Å². The average molecular weight is 365 g/mol. The molecule has 1 N–H and O–H groups in total. The molecule has 0 saturated carbocycles. The van der Waals surface area contributed by atoms with Crippen LogP contribution in [0.25, 0.3) is 20.9 Å². The highest BCUT2D eigenvalue weighted by molar-refractivity contribution is 7.21. The molecule has 4 aromatic rings. The van der Waals surface area contributed by atoms with E-state index in [2.05, 4.69) is 26.3 Å². The van der Waals surface area contributed by atoms with Gasteiger partial charge in [-0.3, -0.25) is 0 Å². The third-order valence-corrected chi connectivity index (χ3v) is 4.26. The highest BCUT2D eigenvalue weighted by Crippen LogP contribution is 2.29. The normalized spacial score (nSPS) is 9.54. The van der Waals surface area contributed by atoms with Gasteiger partial charge < -0.3 is 5.32 Å². The van der Waals surface area contributed by atoms with Gasteiger partial charge in [-0.15, -0.1) is 11.3 Å². The number of aromatic nitrogens is 3. The fraction of sp³-hybridized carbons (Fsp3) is 0.190. The lowest BCUT2D eigenvalue weighted by atomic mass is 10.3. The van der Waals surface area contributed by atoms with E-state index in [1.165, 1.54) is 0 Å². The Morgan fingerprint density at radius 2 is 1.46 bits per heavy atom. The maximum atomic E-state index is 4.63. The number of nitrogens with zero attached hydrogens (tertiary/aromatic N) is 3. The number of para-hydroxylation sites is 2. The Bertz CT molecular complexity index is 886. The van der Waals surface area contributed by atoms with Crippen LogP contribution < -0.4 is 5.32 Å². The van der Waals surface area contributed by atoms with Gasteiger partial charge in [-0.25, -0.2) is 15.0 Å². The fourth-order valence-electron chi connectivity index (χ4n) is 2.17. The van der Waals surface area contributed by atoms with Crippen LogP contribution in [-0.2, 0) is 0 Å². The van der Waals surface area contributed by atoms with Crippen molar-refractivity contribution in [2.45, 2.75) is 27.7 Å². The lowest BCUT2D eigenvalue weighted by molar-refractivity contribution is 1.17. The predicted octanol–water partition coefficient (Wildman–Crippen LogP) is 6.55. The van der Waals surface area contributed by atoms with Crippen molar-refractivity contribution in [3.8, 4) is 10.7 Å². The highest BCUT2D eigenvalue weighted by atomic mass is 32.1. The molecule has 26 heavy (non-hydrogen) atoms. The molecule has 0 aliphatic heterocycles. The Morgan fingerprint density at radius 1 is 0.769 bits per heavy atom. The van der Waals surface area contributed by atoms with E-state index >= 15 is 0 Å². The van der Waals surface area contributed by atoms with Crippen molar-refractivity contribution in [3.05, 3.63) is 66.9 Å². The summed E-state index contributed by atoms with van der Waals surface area (Å²) in [5.41, 5.74) is 2.79. The molecule has 0 aliphatic carbocycles. The molecule has 4 nitrogen and oxygen atoms in total. The van der Waals surface area contributed by atoms with E-state index in [0.29, 0.717) is 5.95 Å². The maximum absolute atomic E-state index is 4.63. The molecule has 0 unspecified atom stereocenters. The first-order valence-corrected chi connectivity index (χ1v) is 9.71. The molecule has 4 rings (SSSR count). The molecule has 0 radical (unpaired) electrons. The molecule has 0 saturated heterocycles. The van der Waals surface area contributed by atoms with Gasteiger partial charge in [0.25, 0.3) is 0 Å². The summed E-state index contributed by atoms with van der Waals surface area (Å²) in [6, 6.07) is 19.9. The minimum atomic E-state index is 0.572. The largest absolute Gasteiger partial charge is 0.324 e. The van der Waals surface area contributed by atoms with Crippen LogP contribution in [0.1, 0.15) is 27.7 Å². The summed E-state index contributed by atoms with van der Waals surface area (Å²) in [7, 11) is 0. The molecule has 0 spiro atoms. The van der Waals surface area contributed by atoms with Crippen molar-refractivity contribution in [2.75, 3.05) is 5.32 Å². The zero-order valence-corrected chi connectivity index (χ0v) is 16.4. The highest BCUT2D eigenvalue weighted by Gasteiger charge is 2.08. The quantitative estimate of drug-likeness (QED) is 0.448. The first-order valence-electron chi connectivity index (χ1n) is 8.89. The molecular formula is C21H24N4S. The number of thiazole rings is 1. The standard InChI is InChI=1S/C17H12N4S.2C2H6/c1-2-6-12(7-3-1)19-17-18-11-10-14(21-17)16-20-13-8-4-5-9-15(13)22-16;2*1-2/h1-11H,(H,18,19,21);2*1-2H3. The minimum Gasteiger partial charge on any atom is -0.324 e. The van der Waals surface area contributed by atoms with Crippen molar-refractivity contribution in [2.24, 2.45) is 0 Å². The van der Waals surface area contributed by atoms with Crippen LogP contribution in [0.15, 0.2) is 66.9 Å². The number of hydrogen-bond acceptors (Lipinski definition) is 5. The number of fused-ring (bicyclic) bond motifs is 1. The predicted molar refractivity (Wildman–Crippen MR) is 113 cm³/mol. The summed E-state index contributed by atoms with van der Waals surface area (Å²) >= 11 is 1.64. The van der Waals surface area contributed by atoms with Crippen LogP contribution in [0, 0.1) is 0 Å².